The van der Waals surface area contributed by atoms with Gasteiger partial charge in [-0.15, -0.1) is 0 Å². The van der Waals surface area contributed by atoms with Gasteiger partial charge in [-0.3, -0.25) is 0 Å². The van der Waals surface area contributed by atoms with E-state index >= 15 is 0 Å². The largest absolute Gasteiger partial charge is 0.490 e. The highest BCUT2D eigenvalue weighted by Gasteiger charge is 2.20. The summed E-state index contributed by atoms with van der Waals surface area (Å²) in [5.74, 6) is 0.811. The van der Waals surface area contributed by atoms with Crippen LogP contribution in [0.4, 0.5) is 4.39 Å². The molecular formula is C18H20FNO. The molecule has 0 saturated carbocycles. The Balaban J connectivity index is 1.82. The third kappa shape index (κ3) is 3.08. The second-order valence-electron chi connectivity index (χ2n) is 5.68. The van der Waals surface area contributed by atoms with Gasteiger partial charge in [0.1, 0.15) is 17.7 Å². The standard InChI is InChI=1S/C18H20FNO/c1-12-8-15-11-14(6-7-18(15)21-12)17(20-2)10-13-4-3-5-16(19)9-13/h3-7,9,11-12,17,20H,8,10H2,1-2H3. The molecule has 1 aliphatic rings. The number of likely N-dealkylation sites (N-methyl/N-ethyl adjacent to an activating group) is 1. The van der Waals surface area contributed by atoms with Crippen molar-refractivity contribution >= 4 is 0 Å². The fraction of sp³-hybridized carbons (Fsp3) is 0.333. The summed E-state index contributed by atoms with van der Waals surface area (Å²) >= 11 is 0. The molecule has 0 radical (unpaired) electrons. The topological polar surface area (TPSA) is 21.3 Å². The maximum absolute atomic E-state index is 13.3. The number of halogens is 1. The van der Waals surface area contributed by atoms with E-state index < -0.39 is 0 Å². The zero-order valence-electron chi connectivity index (χ0n) is 12.4. The second-order valence-corrected chi connectivity index (χ2v) is 5.68. The molecule has 2 atom stereocenters. The predicted octanol–water partition coefficient (Wildman–Crippen LogP) is 3.65. The van der Waals surface area contributed by atoms with Gasteiger partial charge in [-0.25, -0.2) is 4.39 Å². The summed E-state index contributed by atoms with van der Waals surface area (Å²) in [5, 5.41) is 3.33. The van der Waals surface area contributed by atoms with E-state index in [2.05, 4.69) is 24.4 Å². The Morgan fingerprint density at radius 2 is 2.14 bits per heavy atom. The van der Waals surface area contributed by atoms with Crippen molar-refractivity contribution in [3.8, 4) is 5.75 Å². The molecule has 1 heterocycles. The Hall–Kier alpha value is -1.87. The third-order valence-corrected chi connectivity index (χ3v) is 4.00. The Morgan fingerprint density at radius 1 is 1.29 bits per heavy atom. The summed E-state index contributed by atoms with van der Waals surface area (Å²) < 4.78 is 19.0. The van der Waals surface area contributed by atoms with Crippen LogP contribution in [0, 0.1) is 5.82 Å². The Kier molecular flexibility index (Phi) is 3.93. The number of rotatable bonds is 4. The van der Waals surface area contributed by atoms with Crippen LogP contribution in [0.15, 0.2) is 42.5 Å². The van der Waals surface area contributed by atoms with Crippen LogP contribution < -0.4 is 10.1 Å². The molecule has 2 aromatic carbocycles. The fourth-order valence-corrected chi connectivity index (χ4v) is 2.94. The molecule has 0 fully saturated rings. The van der Waals surface area contributed by atoms with Gasteiger partial charge >= 0.3 is 0 Å². The number of ether oxygens (including phenoxy) is 1. The Bertz CT molecular complexity index is 641. The first kappa shape index (κ1) is 14.1. The molecular weight excluding hydrogens is 265 g/mol. The van der Waals surface area contributed by atoms with E-state index in [1.54, 1.807) is 12.1 Å². The zero-order valence-corrected chi connectivity index (χ0v) is 12.4. The van der Waals surface area contributed by atoms with Crippen LogP contribution in [-0.2, 0) is 12.8 Å². The van der Waals surface area contributed by atoms with Crippen LogP contribution in [0.2, 0.25) is 0 Å². The lowest BCUT2D eigenvalue weighted by Crippen LogP contribution is -2.19. The molecule has 0 saturated heterocycles. The number of hydrogen-bond acceptors (Lipinski definition) is 2. The average Bonchev–Trinajstić information content (AvgIpc) is 2.84. The molecule has 110 valence electrons. The summed E-state index contributed by atoms with van der Waals surface area (Å²) in [6.45, 7) is 2.09. The van der Waals surface area contributed by atoms with E-state index in [9.17, 15) is 4.39 Å². The Labute approximate surface area is 125 Å². The first-order valence-corrected chi connectivity index (χ1v) is 7.37. The lowest BCUT2D eigenvalue weighted by atomic mass is 9.96. The normalized spacial score (nSPS) is 18.1. The van der Waals surface area contributed by atoms with Gasteiger partial charge in [0.2, 0.25) is 0 Å². The van der Waals surface area contributed by atoms with E-state index in [0.29, 0.717) is 0 Å². The van der Waals surface area contributed by atoms with Crippen molar-refractivity contribution in [2.45, 2.75) is 31.9 Å². The summed E-state index contributed by atoms with van der Waals surface area (Å²) in [5.41, 5.74) is 3.48. The summed E-state index contributed by atoms with van der Waals surface area (Å²) in [6.07, 6.45) is 1.98. The zero-order chi connectivity index (χ0) is 14.8. The van der Waals surface area contributed by atoms with Gasteiger partial charge in [0.05, 0.1) is 0 Å². The minimum Gasteiger partial charge on any atom is -0.490 e. The molecule has 21 heavy (non-hydrogen) atoms. The van der Waals surface area contributed by atoms with Crippen LogP contribution in [-0.4, -0.2) is 13.2 Å². The van der Waals surface area contributed by atoms with Crippen LogP contribution >= 0.6 is 0 Å². The van der Waals surface area contributed by atoms with E-state index in [-0.39, 0.29) is 18.0 Å². The maximum atomic E-state index is 13.3. The van der Waals surface area contributed by atoms with E-state index in [0.717, 1.165) is 24.2 Å². The molecule has 2 aromatic rings. The molecule has 0 aromatic heterocycles. The van der Waals surface area contributed by atoms with Crippen LogP contribution in [0.5, 0.6) is 5.75 Å². The van der Waals surface area contributed by atoms with E-state index in [4.69, 9.17) is 4.74 Å². The van der Waals surface area contributed by atoms with E-state index in [1.807, 2.05) is 19.2 Å². The third-order valence-electron chi connectivity index (χ3n) is 4.00. The number of benzene rings is 2. The van der Waals surface area contributed by atoms with Gasteiger partial charge in [-0.1, -0.05) is 24.3 Å². The highest BCUT2D eigenvalue weighted by atomic mass is 19.1. The summed E-state index contributed by atoms with van der Waals surface area (Å²) in [4.78, 5) is 0. The van der Waals surface area contributed by atoms with Gasteiger partial charge in [0.25, 0.3) is 0 Å². The second kappa shape index (κ2) is 5.86. The van der Waals surface area contributed by atoms with Crippen molar-refractivity contribution < 1.29 is 9.13 Å². The van der Waals surface area contributed by atoms with Crippen molar-refractivity contribution in [1.82, 2.24) is 5.32 Å². The smallest absolute Gasteiger partial charge is 0.123 e. The minimum absolute atomic E-state index is 0.174. The molecule has 0 amide bonds. The minimum atomic E-state index is -0.182. The molecule has 2 nitrogen and oxygen atoms in total. The monoisotopic (exact) mass is 285 g/mol. The van der Waals surface area contributed by atoms with Crippen molar-refractivity contribution in [1.29, 1.82) is 0 Å². The highest BCUT2D eigenvalue weighted by molar-refractivity contribution is 5.42. The lowest BCUT2D eigenvalue weighted by Gasteiger charge is -2.17. The van der Waals surface area contributed by atoms with Crippen LogP contribution in [0.25, 0.3) is 0 Å². The van der Waals surface area contributed by atoms with Crippen LogP contribution in [0.3, 0.4) is 0 Å². The molecule has 3 heteroatoms. The van der Waals surface area contributed by atoms with Crippen molar-refractivity contribution in [2.24, 2.45) is 0 Å². The average molecular weight is 285 g/mol. The van der Waals surface area contributed by atoms with Crippen LogP contribution in [0.1, 0.15) is 29.7 Å². The number of fused-ring (bicyclic) bond motifs is 1. The van der Waals surface area contributed by atoms with Gasteiger partial charge in [0.15, 0.2) is 0 Å². The van der Waals surface area contributed by atoms with Crippen molar-refractivity contribution in [3.05, 3.63) is 65.0 Å². The highest BCUT2D eigenvalue weighted by Crippen LogP contribution is 2.31. The maximum Gasteiger partial charge on any atom is 0.123 e. The van der Waals surface area contributed by atoms with Gasteiger partial charge in [-0.2, -0.15) is 0 Å². The van der Waals surface area contributed by atoms with Gasteiger partial charge < -0.3 is 10.1 Å². The van der Waals surface area contributed by atoms with Gasteiger partial charge in [-0.05, 0) is 55.3 Å². The predicted molar refractivity (Wildman–Crippen MR) is 82.1 cm³/mol. The fourth-order valence-electron chi connectivity index (χ4n) is 2.94. The summed E-state index contributed by atoms with van der Waals surface area (Å²) in [6, 6.07) is 13.3. The molecule has 2 unspecified atom stereocenters. The molecule has 0 spiro atoms. The molecule has 1 aliphatic heterocycles. The first-order chi connectivity index (χ1) is 10.2. The summed E-state index contributed by atoms with van der Waals surface area (Å²) in [7, 11) is 1.94. The van der Waals surface area contributed by atoms with E-state index in [1.165, 1.54) is 17.2 Å². The number of hydrogen-bond donors (Lipinski definition) is 1. The quantitative estimate of drug-likeness (QED) is 0.926. The molecule has 3 rings (SSSR count). The van der Waals surface area contributed by atoms with Crippen molar-refractivity contribution in [2.75, 3.05) is 7.05 Å². The molecule has 1 N–H and O–H groups in total. The van der Waals surface area contributed by atoms with Crippen molar-refractivity contribution in [3.63, 3.8) is 0 Å². The Morgan fingerprint density at radius 3 is 2.90 bits per heavy atom. The lowest BCUT2D eigenvalue weighted by molar-refractivity contribution is 0.254. The first-order valence-electron chi connectivity index (χ1n) is 7.37. The van der Waals surface area contributed by atoms with Gasteiger partial charge in [0, 0.05) is 12.5 Å². The SMILES string of the molecule is CNC(Cc1cccc(F)c1)c1ccc2c(c1)CC(C)O2. The molecule has 0 bridgehead atoms. The molecule has 0 aliphatic carbocycles. The number of nitrogens with one attached hydrogen (secondary N) is 1.